The van der Waals surface area contributed by atoms with Crippen LogP contribution in [0.3, 0.4) is 0 Å². The maximum absolute atomic E-state index is 14.0. The molecule has 0 spiro atoms. The lowest BCUT2D eigenvalue weighted by Crippen LogP contribution is -2.62. The molecule has 0 saturated heterocycles. The molecule has 0 bridgehead atoms. The van der Waals surface area contributed by atoms with Crippen LogP contribution in [-0.4, -0.2) is 80.3 Å². The van der Waals surface area contributed by atoms with E-state index in [2.05, 4.69) is 18.3 Å². The average Bonchev–Trinajstić information content (AvgIpc) is 3.59. The number of nitrogens with two attached hydrogens (primary N) is 1. The highest BCUT2D eigenvalue weighted by molar-refractivity contribution is 8.26. The fourth-order valence-corrected chi connectivity index (χ4v) is 10.4. The molecule has 13 heteroatoms. The van der Waals surface area contributed by atoms with E-state index in [1.165, 1.54) is 10.5 Å². The normalized spacial score (nSPS) is 31.3. The number of ether oxygens (including phenoxy) is 1. The quantitative estimate of drug-likeness (QED) is 0.364. The number of fused-ring (bicyclic) bond motifs is 6. The molecule has 49 heavy (non-hydrogen) atoms. The third kappa shape index (κ3) is 5.68. The molecule has 7 atom stereocenters. The van der Waals surface area contributed by atoms with Crippen molar-refractivity contribution in [1.29, 1.82) is 0 Å². The summed E-state index contributed by atoms with van der Waals surface area (Å²) in [6, 6.07) is 7.03. The lowest BCUT2D eigenvalue weighted by Gasteiger charge is -2.60. The lowest BCUT2D eigenvalue weighted by molar-refractivity contribution is -0.196. The number of allylic oxidation sites excluding steroid dienone is 1. The summed E-state index contributed by atoms with van der Waals surface area (Å²) in [5.41, 5.74) is 6.74. The number of rotatable bonds is 7. The Bertz CT molecular complexity index is 1750. The minimum Gasteiger partial charge on any atom is -0.449 e. The number of hydrogen-bond acceptors (Lipinski definition) is 9. The van der Waals surface area contributed by atoms with Crippen molar-refractivity contribution in [3.8, 4) is 5.69 Å². The van der Waals surface area contributed by atoms with E-state index in [0.29, 0.717) is 42.3 Å². The third-order valence-corrected chi connectivity index (χ3v) is 12.8. The van der Waals surface area contributed by atoms with Gasteiger partial charge in [-0.25, -0.2) is 4.68 Å². The van der Waals surface area contributed by atoms with Gasteiger partial charge in [-0.1, -0.05) is 32.4 Å². The largest absolute Gasteiger partial charge is 0.449 e. The highest BCUT2D eigenvalue weighted by atomic mass is 32.2. The molecule has 4 aliphatic rings. The summed E-state index contributed by atoms with van der Waals surface area (Å²) in [6.07, 6.45) is 6.87. The first-order valence-corrected chi connectivity index (χ1v) is 17.7. The van der Waals surface area contributed by atoms with Gasteiger partial charge >= 0.3 is 5.97 Å². The second-order valence-electron chi connectivity index (χ2n) is 14.7. The number of amides is 3. The van der Waals surface area contributed by atoms with E-state index in [1.54, 1.807) is 39.2 Å². The number of thioether (sulfide) groups is 1. The summed E-state index contributed by atoms with van der Waals surface area (Å²) in [5, 5.41) is 18.5. The fraction of sp³-hybridized carbons (Fsp3) is 0.556. The number of primary amides is 1. The Morgan fingerprint density at radius 1 is 1.18 bits per heavy atom. The van der Waals surface area contributed by atoms with Crippen LogP contribution in [0.2, 0.25) is 0 Å². The SMILES string of the molecule is CCC(=O)O[C@]1(C(=O)SC(=O)N(C)C)CCC2[C@@H]3CCC4=Cc5c(cnn5-c5cccc(C(=O)NCC(N)=O)c5)C[C@]4(C)C3[C@@H](O)C[C@@]21C. The van der Waals surface area contributed by atoms with Crippen LogP contribution in [0.1, 0.15) is 80.9 Å². The molecule has 1 aromatic heterocycles. The Hall–Kier alpha value is -3.97. The highest BCUT2D eigenvalue weighted by Gasteiger charge is 2.71. The molecule has 12 nitrogen and oxygen atoms in total. The van der Waals surface area contributed by atoms with Crippen molar-refractivity contribution >= 4 is 46.0 Å². The van der Waals surface area contributed by atoms with Crippen LogP contribution in [0, 0.1) is 28.6 Å². The predicted octanol–water partition coefficient (Wildman–Crippen LogP) is 3.87. The summed E-state index contributed by atoms with van der Waals surface area (Å²) in [6.45, 7) is 5.63. The molecule has 2 aromatic rings. The number of hydrogen-bond donors (Lipinski definition) is 3. The first-order chi connectivity index (χ1) is 23.1. The summed E-state index contributed by atoms with van der Waals surface area (Å²) < 4.78 is 7.92. The number of nitrogens with one attached hydrogen (secondary N) is 1. The second-order valence-corrected chi connectivity index (χ2v) is 15.6. The van der Waals surface area contributed by atoms with Crippen LogP contribution < -0.4 is 11.1 Å². The van der Waals surface area contributed by atoms with Gasteiger partial charge in [-0.05, 0) is 91.5 Å². The van der Waals surface area contributed by atoms with Gasteiger partial charge in [0.2, 0.25) is 11.0 Å². The van der Waals surface area contributed by atoms with Gasteiger partial charge in [-0.15, -0.1) is 0 Å². The number of aromatic nitrogens is 2. The zero-order valence-electron chi connectivity index (χ0n) is 28.7. The summed E-state index contributed by atoms with van der Waals surface area (Å²) in [4.78, 5) is 64.7. The van der Waals surface area contributed by atoms with Gasteiger partial charge in [0.25, 0.3) is 11.1 Å². The van der Waals surface area contributed by atoms with Crippen LogP contribution in [0.4, 0.5) is 4.79 Å². The molecule has 6 rings (SSSR count). The zero-order chi connectivity index (χ0) is 35.5. The van der Waals surface area contributed by atoms with Crippen molar-refractivity contribution in [2.45, 2.75) is 77.4 Å². The molecule has 0 aliphatic heterocycles. The second kappa shape index (κ2) is 12.7. The molecule has 1 heterocycles. The Morgan fingerprint density at radius 2 is 1.94 bits per heavy atom. The number of nitrogens with zero attached hydrogens (tertiary/aromatic N) is 3. The molecular formula is C36H45N5O7S. The lowest BCUT2D eigenvalue weighted by atomic mass is 9.45. The Morgan fingerprint density at radius 3 is 2.63 bits per heavy atom. The zero-order valence-corrected chi connectivity index (χ0v) is 29.5. The van der Waals surface area contributed by atoms with Crippen molar-refractivity contribution in [2.24, 2.45) is 34.3 Å². The smallest absolute Gasteiger partial charge is 0.306 e. The number of benzene rings is 1. The molecule has 3 amide bonds. The van der Waals surface area contributed by atoms with Crippen LogP contribution >= 0.6 is 11.8 Å². The molecular weight excluding hydrogens is 646 g/mol. The summed E-state index contributed by atoms with van der Waals surface area (Å²) >= 11 is 0.587. The first-order valence-electron chi connectivity index (χ1n) is 16.9. The molecule has 2 unspecified atom stereocenters. The van der Waals surface area contributed by atoms with E-state index in [0.717, 1.165) is 24.1 Å². The topological polar surface area (TPSA) is 174 Å². The van der Waals surface area contributed by atoms with E-state index in [4.69, 9.17) is 15.6 Å². The van der Waals surface area contributed by atoms with E-state index in [-0.39, 0.29) is 42.6 Å². The van der Waals surface area contributed by atoms with Crippen molar-refractivity contribution in [1.82, 2.24) is 20.0 Å². The Balaban J connectivity index is 1.30. The standard InChI is InChI=1S/C36H45N5O7S/c1-6-29(44)48-36(32(46)49-33(47)40(4)5)13-12-25-24-11-10-22-15-26-21(16-34(22,2)30(24)27(42)17-35(25,36)3)18-39-41(26)23-9-7-8-20(14-23)31(45)38-19-28(37)43/h7-9,14-15,18,24-25,27,30,42H,6,10-13,16-17,19H2,1-5H3,(H2,37,43)(H,38,45)/t24-,25?,27-,30?,34-,35-,36-/m0/s1. The third-order valence-electron chi connectivity index (χ3n) is 11.8. The maximum atomic E-state index is 14.0. The Labute approximate surface area is 290 Å². The summed E-state index contributed by atoms with van der Waals surface area (Å²) in [5.74, 6) is -1.53. The van der Waals surface area contributed by atoms with Gasteiger partial charge in [-0.3, -0.25) is 24.0 Å². The number of aliphatic hydroxyl groups is 1. The van der Waals surface area contributed by atoms with Crippen molar-refractivity contribution in [3.63, 3.8) is 0 Å². The van der Waals surface area contributed by atoms with E-state index in [9.17, 15) is 29.1 Å². The molecule has 1 aromatic carbocycles. The van der Waals surface area contributed by atoms with Crippen molar-refractivity contribution < 1.29 is 33.8 Å². The molecule has 0 radical (unpaired) electrons. The number of aliphatic hydroxyl groups excluding tert-OH is 1. The molecule has 4 aliphatic carbocycles. The van der Waals surface area contributed by atoms with E-state index >= 15 is 0 Å². The number of esters is 1. The predicted molar refractivity (Wildman–Crippen MR) is 183 cm³/mol. The van der Waals surface area contributed by atoms with Crippen LogP contribution in [-0.2, 0) is 25.5 Å². The maximum Gasteiger partial charge on any atom is 0.306 e. The van der Waals surface area contributed by atoms with Gasteiger partial charge in [0.15, 0.2) is 5.60 Å². The van der Waals surface area contributed by atoms with E-state index < -0.39 is 45.3 Å². The van der Waals surface area contributed by atoms with Crippen LogP contribution in [0.5, 0.6) is 0 Å². The summed E-state index contributed by atoms with van der Waals surface area (Å²) in [7, 11) is 3.16. The first kappa shape index (κ1) is 34.9. The monoisotopic (exact) mass is 691 g/mol. The molecule has 3 fully saturated rings. The average molecular weight is 692 g/mol. The van der Waals surface area contributed by atoms with Gasteiger partial charge in [0.1, 0.15) is 0 Å². The number of carbonyl (C=O) groups excluding carboxylic acids is 5. The fourth-order valence-electron chi connectivity index (χ4n) is 9.49. The van der Waals surface area contributed by atoms with Gasteiger partial charge in [0, 0.05) is 43.3 Å². The van der Waals surface area contributed by atoms with Crippen LogP contribution in [0.25, 0.3) is 11.8 Å². The van der Waals surface area contributed by atoms with Gasteiger partial charge < -0.3 is 25.8 Å². The van der Waals surface area contributed by atoms with Crippen molar-refractivity contribution in [3.05, 3.63) is 52.9 Å². The van der Waals surface area contributed by atoms with Crippen LogP contribution in [0.15, 0.2) is 36.0 Å². The minimum absolute atomic E-state index is 0.00973. The van der Waals surface area contributed by atoms with Gasteiger partial charge in [-0.2, -0.15) is 5.10 Å². The number of carbonyl (C=O) groups is 5. The molecule has 262 valence electrons. The highest BCUT2D eigenvalue weighted by Crippen LogP contribution is 2.69. The van der Waals surface area contributed by atoms with E-state index in [1.807, 2.05) is 23.9 Å². The van der Waals surface area contributed by atoms with Crippen molar-refractivity contribution in [2.75, 3.05) is 20.6 Å². The molecule has 4 N–H and O–H groups in total. The molecule has 3 saturated carbocycles. The van der Waals surface area contributed by atoms with Gasteiger partial charge in [0.05, 0.1) is 30.2 Å². The Kier molecular flexibility index (Phi) is 9.06. The minimum atomic E-state index is -1.50.